The Kier molecular flexibility index (Phi) is 6.59. The Bertz CT molecular complexity index is 621. The van der Waals surface area contributed by atoms with Gasteiger partial charge in [0, 0.05) is 0 Å². The Morgan fingerprint density at radius 2 is 1.71 bits per heavy atom. The molecule has 2 rings (SSSR count). The van der Waals surface area contributed by atoms with E-state index in [0.717, 1.165) is 6.07 Å². The molecule has 2 atom stereocenters. The van der Waals surface area contributed by atoms with E-state index in [4.69, 9.17) is 5.11 Å². The number of hydrogen-bond donors (Lipinski definition) is 2. The van der Waals surface area contributed by atoms with Crippen molar-refractivity contribution >= 4 is 30.0 Å². The summed E-state index contributed by atoms with van der Waals surface area (Å²) in [7, 11) is 0. The van der Waals surface area contributed by atoms with Gasteiger partial charge in [0.05, 0.1) is 23.1 Å². The smallest absolute Gasteiger partial charge is 0.416 e. The Morgan fingerprint density at radius 1 is 1.12 bits per heavy atom. The number of carbonyl (C=O) groups excluding carboxylic acids is 1. The number of anilines is 1. The highest BCUT2D eigenvalue weighted by molar-refractivity contribution is 5.95. The van der Waals surface area contributed by atoms with Crippen LogP contribution in [0.25, 0.3) is 0 Å². The van der Waals surface area contributed by atoms with E-state index in [1.54, 1.807) is 0 Å². The van der Waals surface area contributed by atoms with E-state index in [-0.39, 0.29) is 12.4 Å². The summed E-state index contributed by atoms with van der Waals surface area (Å²) in [6.07, 6.45) is -2.61. The van der Waals surface area contributed by atoms with E-state index < -0.39 is 47.0 Å². The normalized spacial score (nSPS) is 20.8. The van der Waals surface area contributed by atoms with Crippen molar-refractivity contribution in [3.8, 4) is 0 Å². The third-order valence-electron chi connectivity index (χ3n) is 3.97. The first-order valence-corrected chi connectivity index (χ1v) is 7.10. The van der Waals surface area contributed by atoms with Crippen LogP contribution in [0.3, 0.4) is 0 Å². The molecular weight excluding hydrogens is 354 g/mol. The van der Waals surface area contributed by atoms with Gasteiger partial charge in [0.25, 0.3) is 0 Å². The maximum Gasteiger partial charge on any atom is 0.416 e. The van der Waals surface area contributed by atoms with Crippen LogP contribution in [0.1, 0.15) is 31.2 Å². The molecule has 1 aliphatic rings. The van der Waals surface area contributed by atoms with E-state index >= 15 is 0 Å². The fourth-order valence-corrected chi connectivity index (χ4v) is 2.76. The summed E-state index contributed by atoms with van der Waals surface area (Å²) in [6.45, 7) is 0. The maximum absolute atomic E-state index is 13.7. The van der Waals surface area contributed by atoms with Gasteiger partial charge in [-0.3, -0.25) is 9.59 Å². The summed E-state index contributed by atoms with van der Waals surface area (Å²) >= 11 is 0. The molecule has 1 aliphatic carbocycles. The Morgan fingerprint density at radius 3 is 2.21 bits per heavy atom. The molecule has 0 spiro atoms. The van der Waals surface area contributed by atoms with Gasteiger partial charge in [0.15, 0.2) is 0 Å². The molecule has 1 fully saturated rings. The Balaban J connectivity index is 0.00000288. The lowest BCUT2D eigenvalue weighted by atomic mass is 9.78. The first-order chi connectivity index (χ1) is 10.7. The number of carboxylic acid groups (broad SMARTS) is 1. The lowest BCUT2D eigenvalue weighted by Crippen LogP contribution is -2.36. The first kappa shape index (κ1) is 20.2. The molecule has 0 aromatic heterocycles. The molecule has 0 aliphatic heterocycles. The van der Waals surface area contributed by atoms with Crippen LogP contribution in [-0.4, -0.2) is 17.0 Å². The lowest BCUT2D eigenvalue weighted by molar-refractivity contribution is -0.147. The Labute approximate surface area is 141 Å². The molecule has 0 saturated heterocycles. The number of rotatable bonds is 3. The SMILES string of the molecule is Cl.O=C(O)C1CCCCC1C(=O)Nc1ccc(C(F)(F)F)cc1F. The fourth-order valence-electron chi connectivity index (χ4n) is 2.76. The summed E-state index contributed by atoms with van der Waals surface area (Å²) in [4.78, 5) is 23.3. The summed E-state index contributed by atoms with van der Waals surface area (Å²) in [5.74, 6) is -4.67. The van der Waals surface area contributed by atoms with Crippen LogP contribution in [0.5, 0.6) is 0 Å². The minimum Gasteiger partial charge on any atom is -0.481 e. The second-order valence-electron chi connectivity index (χ2n) is 5.52. The van der Waals surface area contributed by atoms with Gasteiger partial charge in [-0.2, -0.15) is 13.2 Å². The standard InChI is InChI=1S/C15H15F4NO3.ClH/c16-11-7-8(15(17,18)19)5-6-12(11)20-13(21)9-3-1-2-4-10(9)14(22)23;/h5-7,9-10H,1-4H2,(H,20,21)(H,22,23);1H. The van der Waals surface area contributed by atoms with E-state index in [1.807, 2.05) is 0 Å². The van der Waals surface area contributed by atoms with Crippen LogP contribution in [0.2, 0.25) is 0 Å². The second kappa shape index (κ2) is 7.83. The zero-order chi connectivity index (χ0) is 17.2. The number of carbonyl (C=O) groups is 2. The third-order valence-corrected chi connectivity index (χ3v) is 3.97. The molecule has 0 radical (unpaired) electrons. The van der Waals surface area contributed by atoms with Gasteiger partial charge in [-0.1, -0.05) is 12.8 Å². The van der Waals surface area contributed by atoms with Gasteiger partial charge >= 0.3 is 12.1 Å². The Hall–Kier alpha value is -1.83. The second-order valence-corrected chi connectivity index (χ2v) is 5.52. The van der Waals surface area contributed by atoms with Crippen LogP contribution in [0, 0.1) is 17.7 Å². The average Bonchev–Trinajstić information content (AvgIpc) is 2.48. The molecule has 1 amide bonds. The molecule has 1 saturated carbocycles. The van der Waals surface area contributed by atoms with Crippen LogP contribution < -0.4 is 5.32 Å². The van der Waals surface area contributed by atoms with Crippen LogP contribution in [-0.2, 0) is 15.8 Å². The number of hydrogen-bond acceptors (Lipinski definition) is 2. The van der Waals surface area contributed by atoms with E-state index in [2.05, 4.69) is 5.32 Å². The zero-order valence-corrected chi connectivity index (χ0v) is 13.2. The molecule has 0 bridgehead atoms. The molecule has 2 unspecified atom stereocenters. The molecule has 0 heterocycles. The summed E-state index contributed by atoms with van der Waals surface area (Å²) in [5, 5.41) is 11.3. The number of amides is 1. The average molecular weight is 370 g/mol. The summed E-state index contributed by atoms with van der Waals surface area (Å²) in [6, 6.07) is 1.79. The molecule has 1 aromatic rings. The monoisotopic (exact) mass is 369 g/mol. The topological polar surface area (TPSA) is 66.4 Å². The van der Waals surface area contributed by atoms with Crippen molar-refractivity contribution in [3.05, 3.63) is 29.6 Å². The van der Waals surface area contributed by atoms with Gasteiger partial charge in [0.1, 0.15) is 5.82 Å². The van der Waals surface area contributed by atoms with Crippen molar-refractivity contribution in [1.29, 1.82) is 0 Å². The van der Waals surface area contributed by atoms with Gasteiger partial charge in [-0.25, -0.2) is 4.39 Å². The molecular formula is C15H16ClF4NO3. The maximum atomic E-state index is 13.7. The van der Waals surface area contributed by atoms with Crippen molar-refractivity contribution in [2.45, 2.75) is 31.9 Å². The fraction of sp³-hybridized carbons (Fsp3) is 0.467. The number of halogens is 5. The van der Waals surface area contributed by atoms with E-state index in [9.17, 15) is 27.2 Å². The number of benzene rings is 1. The molecule has 9 heteroatoms. The lowest BCUT2D eigenvalue weighted by Gasteiger charge is -2.27. The van der Waals surface area contributed by atoms with Crippen LogP contribution in [0.4, 0.5) is 23.2 Å². The van der Waals surface area contributed by atoms with Crippen molar-refractivity contribution in [2.24, 2.45) is 11.8 Å². The predicted molar refractivity (Wildman–Crippen MR) is 80.4 cm³/mol. The largest absolute Gasteiger partial charge is 0.481 e. The summed E-state index contributed by atoms with van der Waals surface area (Å²) < 4.78 is 51.2. The van der Waals surface area contributed by atoms with Crippen molar-refractivity contribution in [1.82, 2.24) is 0 Å². The minimum atomic E-state index is -4.68. The third kappa shape index (κ3) is 4.59. The highest BCUT2D eigenvalue weighted by Gasteiger charge is 2.36. The zero-order valence-electron chi connectivity index (χ0n) is 12.4. The molecule has 4 nitrogen and oxygen atoms in total. The van der Waals surface area contributed by atoms with Gasteiger partial charge in [-0.05, 0) is 31.0 Å². The van der Waals surface area contributed by atoms with Crippen molar-refractivity contribution in [3.63, 3.8) is 0 Å². The molecule has 24 heavy (non-hydrogen) atoms. The van der Waals surface area contributed by atoms with Crippen LogP contribution >= 0.6 is 12.4 Å². The highest BCUT2D eigenvalue weighted by Crippen LogP contribution is 2.33. The number of carboxylic acids is 1. The van der Waals surface area contributed by atoms with Gasteiger partial charge in [-0.15, -0.1) is 12.4 Å². The van der Waals surface area contributed by atoms with E-state index in [1.165, 1.54) is 0 Å². The number of alkyl halides is 3. The summed E-state index contributed by atoms with van der Waals surface area (Å²) in [5.41, 5.74) is -1.55. The molecule has 2 N–H and O–H groups in total. The number of nitrogens with one attached hydrogen (secondary N) is 1. The van der Waals surface area contributed by atoms with Crippen molar-refractivity contribution in [2.75, 3.05) is 5.32 Å². The van der Waals surface area contributed by atoms with Crippen molar-refractivity contribution < 1.29 is 32.3 Å². The van der Waals surface area contributed by atoms with Crippen LogP contribution in [0.15, 0.2) is 18.2 Å². The van der Waals surface area contributed by atoms with Gasteiger partial charge in [0.2, 0.25) is 5.91 Å². The molecule has 1 aromatic carbocycles. The quantitative estimate of drug-likeness (QED) is 0.788. The number of aliphatic carboxylic acids is 1. The first-order valence-electron chi connectivity index (χ1n) is 7.10. The van der Waals surface area contributed by atoms with Gasteiger partial charge < -0.3 is 10.4 Å². The minimum absolute atomic E-state index is 0. The predicted octanol–water partition coefficient (Wildman–Crippen LogP) is 4.10. The highest BCUT2D eigenvalue weighted by atomic mass is 35.5. The van der Waals surface area contributed by atoms with E-state index in [0.29, 0.717) is 37.8 Å². The molecule has 134 valence electrons.